The minimum atomic E-state index is -2.82. The molecule has 0 spiro atoms. The Balaban J connectivity index is -0.000000369. The Labute approximate surface area is 632 Å². The van der Waals surface area contributed by atoms with Crippen LogP contribution in [0.2, 0.25) is 0 Å². The summed E-state index contributed by atoms with van der Waals surface area (Å²) < 4.78 is 21.8. The van der Waals surface area contributed by atoms with Crippen LogP contribution in [0.25, 0.3) is 0 Å². The second-order valence-electron chi connectivity index (χ2n) is 25.4. The third-order valence-electron chi connectivity index (χ3n) is 16.0. The first-order valence-corrected chi connectivity index (χ1v) is 55.8. The van der Waals surface area contributed by atoms with Gasteiger partial charge >= 0.3 is 21.1 Å². The molecule has 0 rings (SSSR count). The predicted octanol–water partition coefficient (Wildman–Crippen LogP) is 27.3. The van der Waals surface area contributed by atoms with Crippen molar-refractivity contribution in [3.8, 4) is 0 Å². The van der Waals surface area contributed by atoms with Crippen molar-refractivity contribution in [2.45, 2.75) is 415 Å². The summed E-state index contributed by atoms with van der Waals surface area (Å²) in [6.07, 6.45) is 70.6. The molecule has 21 heteroatoms. The van der Waals surface area contributed by atoms with Gasteiger partial charge in [0.05, 0.1) is 26.4 Å². The molecule has 0 aromatic carbocycles. The fourth-order valence-corrected chi connectivity index (χ4v) is 23.6. The second kappa shape index (κ2) is 87.0. The molecule has 93 heavy (non-hydrogen) atoms. The molecule has 0 fully saturated rings. The first-order valence-electron chi connectivity index (χ1n) is 38.9. The van der Waals surface area contributed by atoms with Gasteiger partial charge in [-0.3, -0.25) is 0 Å². The number of hydrogen-bond acceptors (Lipinski definition) is 16. The molecule has 8 nitrogen and oxygen atoms in total. The molecular weight excluding hydrogens is 1470 g/mol. The first-order chi connectivity index (χ1) is 44.5. The van der Waals surface area contributed by atoms with E-state index in [9.17, 15) is 19.6 Å². The van der Waals surface area contributed by atoms with Crippen LogP contribution < -0.4 is 19.6 Å². The Morgan fingerprint density at radius 1 is 0.194 bits per heavy atom. The maximum atomic E-state index is 12.1. The van der Waals surface area contributed by atoms with Crippen LogP contribution in [0.15, 0.2) is 0 Å². The number of unbranched alkanes of at least 4 members (excludes halogenated alkanes) is 48. The smallest absolute Gasteiger partial charge is 0.793 e. The van der Waals surface area contributed by atoms with Crippen molar-refractivity contribution in [3.63, 3.8) is 0 Å². The molecule has 0 aliphatic heterocycles. The van der Waals surface area contributed by atoms with Crippen LogP contribution >= 0.6 is 68.3 Å². The zero-order valence-corrected chi connectivity index (χ0v) is 74.1. The summed E-state index contributed by atoms with van der Waals surface area (Å²) in [5.41, 5.74) is -11.3. The van der Waals surface area contributed by atoms with E-state index in [-0.39, 0.29) is 21.1 Å². The van der Waals surface area contributed by atoms with Crippen LogP contribution in [0.1, 0.15) is 415 Å². The molecule has 0 bridgehead atoms. The van der Waals surface area contributed by atoms with E-state index < -0.39 is 22.8 Å². The van der Waals surface area contributed by atoms with Crippen molar-refractivity contribution >= 4 is 116 Å². The van der Waals surface area contributed by atoms with Gasteiger partial charge in [0, 0.05) is 22.8 Å². The minimum absolute atomic E-state index is 0. The van der Waals surface area contributed by atoms with Crippen molar-refractivity contribution in [2.75, 3.05) is 49.4 Å². The predicted molar refractivity (Wildman–Crippen MR) is 435 cm³/mol. The summed E-state index contributed by atoms with van der Waals surface area (Å²) in [6.45, 7) is 20.2. The summed E-state index contributed by atoms with van der Waals surface area (Å²) in [6, 6.07) is 0. The molecule has 0 radical (unpaired) electrons. The van der Waals surface area contributed by atoms with E-state index in [2.05, 4.69) is 55.4 Å². The fourth-order valence-electron chi connectivity index (χ4n) is 10.0. The van der Waals surface area contributed by atoms with Gasteiger partial charge in [-0.25, -0.2) is 0 Å². The van der Waals surface area contributed by atoms with Crippen LogP contribution in [-0.2, 0) is 86.4 Å². The quantitative estimate of drug-likeness (QED) is 0.0325. The van der Waals surface area contributed by atoms with Gasteiger partial charge in [-0.2, -0.15) is 0 Å². The van der Waals surface area contributed by atoms with E-state index in [1.165, 1.54) is 354 Å². The van der Waals surface area contributed by atoms with E-state index in [0.717, 1.165) is 74.4 Å². The van der Waals surface area contributed by atoms with Crippen LogP contribution in [0.4, 0.5) is 0 Å². The molecule has 0 amide bonds. The first kappa shape index (κ1) is 106. The monoisotopic (exact) mass is 1620 g/mol. The van der Waals surface area contributed by atoms with Gasteiger partial charge in [0.2, 0.25) is 0 Å². The van der Waals surface area contributed by atoms with Gasteiger partial charge < -0.3 is 37.7 Å². The summed E-state index contributed by atoms with van der Waals surface area (Å²) in [5.74, 6) is 3.52. The molecule has 0 N–H and O–H groups in total. The van der Waals surface area contributed by atoms with Crippen molar-refractivity contribution < 1.29 is 58.7 Å². The van der Waals surface area contributed by atoms with Gasteiger partial charge in [0.15, 0.2) is 0 Å². The van der Waals surface area contributed by atoms with Crippen molar-refractivity contribution in [1.29, 1.82) is 0 Å². The third-order valence-corrected chi connectivity index (χ3v) is 33.4. The Morgan fingerprint density at radius 3 is 0.430 bits per heavy atom. The SMILES string of the molecule is CCCCCCCCCOP([O-])(=S)SCCCCCCCCC.CCCCCCCCCOP([O-])(=S)SCCCCCCCCC.CCCCCCCCCOP([O-])(=S)SCCCCCCCCC.CCCCCCCCCOP([O-])(=S)SCCCCCCCCC.[Mo+4]. The normalized spacial score (nSPS) is 13.9. The molecule has 0 saturated carbocycles. The number of rotatable bonds is 72. The van der Waals surface area contributed by atoms with Crippen LogP contribution in [0.5, 0.6) is 0 Å². The minimum Gasteiger partial charge on any atom is -0.793 e. The second-order valence-corrected chi connectivity index (χ2v) is 50.1. The summed E-state index contributed by atoms with van der Waals surface area (Å²) in [5, 5.41) is 0. The van der Waals surface area contributed by atoms with E-state index in [1.807, 2.05) is 0 Å². The van der Waals surface area contributed by atoms with Gasteiger partial charge in [0.25, 0.3) is 0 Å². The van der Waals surface area contributed by atoms with Crippen molar-refractivity contribution in [1.82, 2.24) is 0 Å². The van der Waals surface area contributed by atoms with E-state index in [0.29, 0.717) is 26.4 Å². The average Bonchev–Trinajstić information content (AvgIpc) is 3.75. The van der Waals surface area contributed by atoms with Crippen molar-refractivity contribution in [3.05, 3.63) is 0 Å². The zero-order valence-electron chi connectivity index (χ0n) is 62.0. The topological polar surface area (TPSA) is 129 Å². The van der Waals surface area contributed by atoms with Gasteiger partial charge in [-0.1, -0.05) is 411 Å². The molecule has 0 aromatic rings. The molecule has 0 aromatic heterocycles. The summed E-state index contributed by atoms with van der Waals surface area (Å²) in [7, 11) is 0. The van der Waals surface area contributed by atoms with Crippen LogP contribution in [-0.4, -0.2) is 49.4 Å². The molecule has 0 aliphatic rings. The summed E-state index contributed by atoms with van der Waals surface area (Å²) in [4.78, 5) is 48.5. The summed E-state index contributed by atoms with van der Waals surface area (Å²) >= 11 is 25.9. The number of hydrogen-bond donors (Lipinski definition) is 0. The molecule has 0 heterocycles. The van der Waals surface area contributed by atoms with Gasteiger partial charge in [0.1, 0.15) is 0 Å². The molecule has 0 saturated heterocycles. The Hall–Kier alpha value is 4.37. The Kier molecular flexibility index (Phi) is 99.2. The molecule has 0 aliphatic carbocycles. The van der Waals surface area contributed by atoms with Crippen LogP contribution in [0, 0.1) is 0 Å². The van der Waals surface area contributed by atoms with Crippen molar-refractivity contribution in [2.24, 2.45) is 0 Å². The molecule has 562 valence electrons. The average molecular weight is 1620 g/mol. The Morgan fingerprint density at radius 2 is 0.301 bits per heavy atom. The van der Waals surface area contributed by atoms with Gasteiger partial charge in [-0.15, -0.1) is 45.5 Å². The molecule has 4 atom stereocenters. The van der Waals surface area contributed by atoms with E-state index >= 15 is 0 Å². The molecule has 4 unspecified atom stereocenters. The molecular formula is C72H152MoO8P4S8. The van der Waals surface area contributed by atoms with Crippen LogP contribution in [0.3, 0.4) is 0 Å². The van der Waals surface area contributed by atoms with Gasteiger partial charge in [-0.05, 0) is 74.4 Å². The largest absolute Gasteiger partial charge is 4.00 e. The van der Waals surface area contributed by atoms with E-state index in [4.69, 9.17) is 65.3 Å². The third kappa shape index (κ3) is 101. The maximum absolute atomic E-state index is 12.1. The van der Waals surface area contributed by atoms with E-state index in [1.54, 1.807) is 0 Å². The maximum Gasteiger partial charge on any atom is 4.00 e. The fraction of sp³-hybridized carbons (Fsp3) is 1.00. The Bertz CT molecular complexity index is 1290. The standard InChI is InChI=1S/4C18H39O2PS2.Mo/c4*1-3-5-7-9-11-13-15-17-20-21(19,22)23-18-16-14-12-10-8-6-4-2;/h4*3-18H2,1-2H3,(H,19,22);/q;;;;+4/p-4. The zero-order chi connectivity index (χ0) is 68.9.